The number of nitrogens with one attached hydrogen (secondary N) is 1. The van der Waals surface area contributed by atoms with E-state index in [0.29, 0.717) is 23.4 Å². The van der Waals surface area contributed by atoms with E-state index in [9.17, 15) is 31.2 Å². The van der Waals surface area contributed by atoms with Gasteiger partial charge in [0.2, 0.25) is 5.82 Å². The number of imide groups is 1. The highest BCUT2D eigenvalue weighted by atomic mass is 32.2. The van der Waals surface area contributed by atoms with Crippen LogP contribution in [0.4, 0.5) is 23.7 Å². The Morgan fingerprint density at radius 1 is 1.12 bits per heavy atom. The van der Waals surface area contributed by atoms with Gasteiger partial charge in [0.15, 0.2) is 0 Å². The number of sulfone groups is 1. The van der Waals surface area contributed by atoms with E-state index in [0.717, 1.165) is 17.0 Å². The van der Waals surface area contributed by atoms with Crippen LogP contribution >= 0.6 is 0 Å². The van der Waals surface area contributed by atoms with Crippen LogP contribution in [-0.4, -0.2) is 62.4 Å². The number of carbonyl (C=O) groups excluding carboxylic acids is 2. The number of anilines is 1. The summed E-state index contributed by atoms with van der Waals surface area (Å²) in [5.74, 6) is -0.372. The first-order valence-corrected chi connectivity index (χ1v) is 10.7. The predicted octanol–water partition coefficient (Wildman–Crippen LogP) is 1.91. The number of aromatic amines is 1. The molecule has 33 heavy (non-hydrogen) atoms. The lowest BCUT2D eigenvalue weighted by Gasteiger charge is -2.19. The Hall–Kier alpha value is -3.88. The van der Waals surface area contributed by atoms with Gasteiger partial charge in [-0.05, 0) is 54.1 Å². The molecule has 3 amide bonds. The second-order valence-corrected chi connectivity index (χ2v) is 8.93. The molecular weight excluding hydrogens is 467 g/mol. The molecule has 1 unspecified atom stereocenters. The zero-order valence-corrected chi connectivity index (χ0v) is 17.5. The van der Waals surface area contributed by atoms with Gasteiger partial charge in [0.25, 0.3) is 15.7 Å². The molecule has 0 saturated carbocycles. The smallest absolute Gasteiger partial charge is 0.308 e. The molecule has 2 aromatic heterocycles. The molecule has 0 aliphatic carbocycles. The largest absolute Gasteiger partial charge is 0.501 e. The summed E-state index contributed by atoms with van der Waals surface area (Å²) in [6, 6.07) is 5.02. The van der Waals surface area contributed by atoms with E-state index in [1.807, 2.05) is 0 Å². The highest BCUT2D eigenvalue weighted by Gasteiger charge is 2.47. The molecule has 1 aromatic carbocycles. The van der Waals surface area contributed by atoms with E-state index in [1.54, 1.807) is 12.1 Å². The zero-order valence-electron chi connectivity index (χ0n) is 16.7. The van der Waals surface area contributed by atoms with Crippen LogP contribution in [0.5, 0.6) is 0 Å². The van der Waals surface area contributed by atoms with E-state index in [4.69, 9.17) is 0 Å². The number of urea groups is 1. The first kappa shape index (κ1) is 22.3. The van der Waals surface area contributed by atoms with E-state index in [-0.39, 0.29) is 18.1 Å². The molecule has 0 bridgehead atoms. The van der Waals surface area contributed by atoms with Gasteiger partial charge in [-0.1, -0.05) is 0 Å². The van der Waals surface area contributed by atoms with Gasteiger partial charge in [-0.25, -0.2) is 18.1 Å². The lowest BCUT2D eigenvalue weighted by Crippen LogP contribution is -2.33. The second-order valence-electron chi connectivity index (χ2n) is 6.99. The molecule has 3 heterocycles. The van der Waals surface area contributed by atoms with Crippen molar-refractivity contribution in [1.82, 2.24) is 30.5 Å². The third-order valence-electron chi connectivity index (χ3n) is 4.94. The van der Waals surface area contributed by atoms with Crippen molar-refractivity contribution in [2.45, 2.75) is 29.9 Å². The average Bonchev–Trinajstić information content (AvgIpc) is 3.38. The third kappa shape index (κ3) is 3.90. The zero-order chi connectivity index (χ0) is 24.0. The molecule has 4 rings (SSSR count). The summed E-state index contributed by atoms with van der Waals surface area (Å²) in [5, 5.41) is 13.4. The van der Waals surface area contributed by atoms with Gasteiger partial charge in [-0.15, -0.1) is 10.2 Å². The Morgan fingerprint density at radius 3 is 2.42 bits per heavy atom. The number of aromatic nitrogens is 5. The molecule has 0 spiro atoms. The number of alkyl halides is 3. The number of carbonyl (C=O) groups is 2. The van der Waals surface area contributed by atoms with Crippen molar-refractivity contribution < 1.29 is 31.2 Å². The number of benzene rings is 1. The van der Waals surface area contributed by atoms with E-state index < -0.39 is 38.2 Å². The molecule has 0 radical (unpaired) electrons. The van der Waals surface area contributed by atoms with Crippen LogP contribution < -0.4 is 4.90 Å². The van der Waals surface area contributed by atoms with Gasteiger partial charge in [0, 0.05) is 12.7 Å². The van der Waals surface area contributed by atoms with Crippen molar-refractivity contribution in [1.29, 1.82) is 0 Å². The lowest BCUT2D eigenvalue weighted by atomic mass is 10.2. The quantitative estimate of drug-likeness (QED) is 0.545. The summed E-state index contributed by atoms with van der Waals surface area (Å²) in [4.78, 5) is 30.9. The molecule has 1 saturated heterocycles. The van der Waals surface area contributed by atoms with Crippen LogP contribution in [0, 0.1) is 0 Å². The number of hydrogen-bond acceptors (Lipinski definition) is 8. The molecule has 1 aliphatic heterocycles. The Bertz CT molecular complexity index is 1310. The molecule has 3 aromatic rings. The standard InChI is InChI=1S/C18H14F3N7O4S/c1-10-16(29)28(12-2-4-13(5-3-12)33(31,32)18(19,20)21)17(30)27(10)9-11-6-7-22-14(8-11)15-23-25-26-24-15/h2-8,10H,9H2,1H3,(H,23,24,25,26). The van der Waals surface area contributed by atoms with Gasteiger partial charge >= 0.3 is 11.5 Å². The Morgan fingerprint density at radius 2 is 1.82 bits per heavy atom. The number of amides is 3. The summed E-state index contributed by atoms with van der Waals surface area (Å²) in [6.07, 6.45) is 1.48. The number of nitrogens with zero attached hydrogens (tertiary/aromatic N) is 6. The number of halogens is 3. The fraction of sp³-hybridized carbons (Fsp3) is 0.222. The number of rotatable bonds is 5. The first-order chi connectivity index (χ1) is 15.5. The molecule has 1 N–H and O–H groups in total. The molecular formula is C18H14F3N7O4S. The minimum absolute atomic E-state index is 0.0240. The van der Waals surface area contributed by atoms with Gasteiger partial charge in [0.1, 0.15) is 11.7 Å². The summed E-state index contributed by atoms with van der Waals surface area (Å²) in [7, 11) is -5.55. The minimum atomic E-state index is -5.55. The lowest BCUT2D eigenvalue weighted by molar-refractivity contribution is -0.119. The summed E-state index contributed by atoms with van der Waals surface area (Å²) in [6.45, 7) is 1.53. The molecule has 11 nitrogen and oxygen atoms in total. The topological polar surface area (TPSA) is 142 Å². The highest BCUT2D eigenvalue weighted by Crippen LogP contribution is 2.32. The van der Waals surface area contributed by atoms with Crippen LogP contribution in [0.25, 0.3) is 11.5 Å². The summed E-state index contributed by atoms with van der Waals surface area (Å²) >= 11 is 0. The van der Waals surface area contributed by atoms with E-state index in [2.05, 4.69) is 25.6 Å². The highest BCUT2D eigenvalue weighted by molar-refractivity contribution is 7.92. The molecule has 172 valence electrons. The maximum absolute atomic E-state index is 13.0. The number of pyridine rings is 1. The first-order valence-electron chi connectivity index (χ1n) is 9.25. The molecule has 1 fully saturated rings. The van der Waals surface area contributed by atoms with Gasteiger partial charge in [-0.3, -0.25) is 9.78 Å². The number of tetrazole rings is 1. The van der Waals surface area contributed by atoms with Crippen molar-refractivity contribution >= 4 is 27.5 Å². The van der Waals surface area contributed by atoms with Crippen molar-refractivity contribution in [2.24, 2.45) is 0 Å². The molecule has 1 aliphatic rings. The summed E-state index contributed by atoms with van der Waals surface area (Å²) in [5.41, 5.74) is -4.51. The number of hydrogen-bond donors (Lipinski definition) is 1. The molecule has 15 heteroatoms. The summed E-state index contributed by atoms with van der Waals surface area (Å²) < 4.78 is 61.3. The predicted molar refractivity (Wildman–Crippen MR) is 105 cm³/mol. The van der Waals surface area contributed by atoms with Crippen LogP contribution in [-0.2, 0) is 21.2 Å². The van der Waals surface area contributed by atoms with E-state index >= 15 is 0 Å². The third-order valence-corrected chi connectivity index (χ3v) is 6.45. The average molecular weight is 481 g/mol. The number of H-pyrrole nitrogens is 1. The molecule has 1 atom stereocenters. The Balaban J connectivity index is 1.58. The van der Waals surface area contributed by atoms with Crippen LogP contribution in [0.1, 0.15) is 12.5 Å². The maximum atomic E-state index is 13.0. The normalized spacial score (nSPS) is 17.2. The van der Waals surface area contributed by atoms with Crippen molar-refractivity contribution in [3.8, 4) is 11.5 Å². The Labute approximate surface area is 184 Å². The monoisotopic (exact) mass is 481 g/mol. The van der Waals surface area contributed by atoms with Crippen LogP contribution in [0.3, 0.4) is 0 Å². The van der Waals surface area contributed by atoms with Gasteiger partial charge in [-0.2, -0.15) is 18.4 Å². The van der Waals surface area contributed by atoms with Crippen molar-refractivity contribution in [3.05, 3.63) is 48.2 Å². The van der Waals surface area contributed by atoms with Crippen LogP contribution in [0.15, 0.2) is 47.5 Å². The van der Waals surface area contributed by atoms with Crippen molar-refractivity contribution in [3.63, 3.8) is 0 Å². The Kier molecular flexibility index (Phi) is 5.35. The van der Waals surface area contributed by atoms with Gasteiger partial charge in [0.05, 0.1) is 10.6 Å². The van der Waals surface area contributed by atoms with Crippen LogP contribution in [0.2, 0.25) is 0 Å². The maximum Gasteiger partial charge on any atom is 0.501 e. The minimum Gasteiger partial charge on any atom is -0.308 e. The van der Waals surface area contributed by atoms with Crippen molar-refractivity contribution in [2.75, 3.05) is 4.90 Å². The van der Waals surface area contributed by atoms with Gasteiger partial charge < -0.3 is 4.90 Å². The van der Waals surface area contributed by atoms with E-state index in [1.165, 1.54) is 18.0 Å². The SMILES string of the molecule is CC1C(=O)N(c2ccc(S(=O)(=O)C(F)(F)F)cc2)C(=O)N1Cc1ccnc(-c2nn[nH]n2)c1. The fourth-order valence-corrected chi connectivity index (χ4v) is 3.98. The second kappa shape index (κ2) is 7.91. The fourth-order valence-electron chi connectivity index (χ4n) is 3.22.